The number of carbonyl (C=O) groups is 3. The fraction of sp³-hybridized carbons (Fsp3) is 0.0870. The minimum absolute atomic E-state index is 0.143. The van der Waals surface area contributed by atoms with Crippen LogP contribution in [0.25, 0.3) is 11.1 Å². The van der Waals surface area contributed by atoms with Crippen molar-refractivity contribution in [3.63, 3.8) is 0 Å². The number of nitrogens with zero attached hydrogens (tertiary/aromatic N) is 1. The first-order valence-corrected chi connectivity index (χ1v) is 8.91. The van der Waals surface area contributed by atoms with Crippen LogP contribution < -0.4 is 10.2 Å². The SMILES string of the molecule is CNc1ccc(-c2ccc(N3C(=O)c4ccc(C(C)=O)cc4C3=O)cc2)cc1. The Morgan fingerprint density at radius 1 is 0.786 bits per heavy atom. The molecule has 138 valence electrons. The molecule has 0 saturated heterocycles. The molecule has 0 unspecified atom stereocenters. The highest BCUT2D eigenvalue weighted by Crippen LogP contribution is 2.31. The van der Waals surface area contributed by atoms with Crippen molar-refractivity contribution in [2.24, 2.45) is 0 Å². The van der Waals surface area contributed by atoms with Crippen LogP contribution >= 0.6 is 0 Å². The maximum atomic E-state index is 12.8. The molecule has 3 aromatic rings. The van der Waals surface area contributed by atoms with Crippen molar-refractivity contribution in [1.29, 1.82) is 0 Å². The Morgan fingerprint density at radius 2 is 1.36 bits per heavy atom. The fourth-order valence-electron chi connectivity index (χ4n) is 3.33. The van der Waals surface area contributed by atoms with Gasteiger partial charge in [0.2, 0.25) is 0 Å². The summed E-state index contributed by atoms with van der Waals surface area (Å²) < 4.78 is 0. The van der Waals surface area contributed by atoms with Gasteiger partial charge in [-0.3, -0.25) is 14.4 Å². The van der Waals surface area contributed by atoms with E-state index in [1.807, 2.05) is 43.4 Å². The van der Waals surface area contributed by atoms with Gasteiger partial charge in [-0.1, -0.05) is 30.3 Å². The Morgan fingerprint density at radius 3 is 1.93 bits per heavy atom. The van der Waals surface area contributed by atoms with Gasteiger partial charge in [-0.15, -0.1) is 0 Å². The molecule has 0 aromatic heterocycles. The second-order valence-electron chi connectivity index (χ2n) is 6.64. The van der Waals surface area contributed by atoms with Crippen LogP contribution in [0.1, 0.15) is 38.0 Å². The smallest absolute Gasteiger partial charge is 0.266 e. The van der Waals surface area contributed by atoms with Gasteiger partial charge in [0.25, 0.3) is 11.8 Å². The van der Waals surface area contributed by atoms with Crippen LogP contribution in [0.2, 0.25) is 0 Å². The van der Waals surface area contributed by atoms with E-state index in [9.17, 15) is 14.4 Å². The van der Waals surface area contributed by atoms with E-state index in [2.05, 4.69) is 5.32 Å². The van der Waals surface area contributed by atoms with Crippen LogP contribution in [0, 0.1) is 0 Å². The number of Topliss-reactive ketones (excluding diaryl/α,β-unsaturated/α-hetero) is 1. The monoisotopic (exact) mass is 370 g/mol. The Balaban J connectivity index is 1.65. The Hall–Kier alpha value is -3.73. The number of nitrogens with one attached hydrogen (secondary N) is 1. The molecule has 28 heavy (non-hydrogen) atoms. The molecule has 0 saturated carbocycles. The molecule has 5 heteroatoms. The third-order valence-electron chi connectivity index (χ3n) is 4.93. The van der Waals surface area contributed by atoms with Gasteiger partial charge in [-0.05, 0) is 54.4 Å². The highest BCUT2D eigenvalue weighted by Gasteiger charge is 2.36. The summed E-state index contributed by atoms with van der Waals surface area (Å²) in [7, 11) is 1.87. The number of carbonyl (C=O) groups excluding carboxylic acids is 3. The normalized spacial score (nSPS) is 12.9. The lowest BCUT2D eigenvalue weighted by Gasteiger charge is -2.14. The van der Waals surface area contributed by atoms with E-state index in [4.69, 9.17) is 0 Å². The van der Waals surface area contributed by atoms with Gasteiger partial charge in [-0.25, -0.2) is 4.90 Å². The number of imide groups is 1. The average molecular weight is 370 g/mol. The maximum Gasteiger partial charge on any atom is 0.266 e. The van der Waals surface area contributed by atoms with E-state index in [1.165, 1.54) is 13.0 Å². The van der Waals surface area contributed by atoms with Crippen LogP contribution in [0.3, 0.4) is 0 Å². The van der Waals surface area contributed by atoms with Crippen LogP contribution in [-0.2, 0) is 0 Å². The number of amides is 2. The van der Waals surface area contributed by atoms with E-state index < -0.39 is 5.91 Å². The quantitative estimate of drug-likeness (QED) is 0.546. The first-order chi connectivity index (χ1) is 13.5. The van der Waals surface area contributed by atoms with E-state index in [-0.39, 0.29) is 17.3 Å². The highest BCUT2D eigenvalue weighted by atomic mass is 16.2. The predicted molar refractivity (Wildman–Crippen MR) is 109 cm³/mol. The summed E-state index contributed by atoms with van der Waals surface area (Å²) in [5.74, 6) is -0.925. The standard InChI is InChI=1S/C23H18N2O3/c1-14(26)17-7-12-20-21(13-17)23(28)25(22(20)27)19-10-5-16(6-11-19)15-3-8-18(24-2)9-4-15/h3-13,24H,1-2H3. The van der Waals surface area contributed by atoms with Crippen molar-refractivity contribution in [2.45, 2.75) is 6.92 Å². The maximum absolute atomic E-state index is 12.8. The van der Waals surface area contributed by atoms with Crippen molar-refractivity contribution in [2.75, 3.05) is 17.3 Å². The highest BCUT2D eigenvalue weighted by molar-refractivity contribution is 6.34. The number of ketones is 1. The lowest BCUT2D eigenvalue weighted by atomic mass is 10.0. The molecule has 0 atom stereocenters. The zero-order valence-corrected chi connectivity index (χ0v) is 15.5. The number of rotatable bonds is 4. The zero-order valence-electron chi connectivity index (χ0n) is 15.5. The van der Waals surface area contributed by atoms with Crippen molar-refractivity contribution in [3.8, 4) is 11.1 Å². The van der Waals surface area contributed by atoms with E-state index in [0.717, 1.165) is 21.7 Å². The van der Waals surface area contributed by atoms with Crippen LogP contribution in [-0.4, -0.2) is 24.6 Å². The van der Waals surface area contributed by atoms with E-state index in [1.54, 1.807) is 24.3 Å². The second kappa shape index (κ2) is 6.78. The van der Waals surface area contributed by atoms with Gasteiger partial charge >= 0.3 is 0 Å². The summed E-state index contributed by atoms with van der Waals surface area (Å²) in [5.41, 5.74) is 4.57. The molecular weight excluding hydrogens is 352 g/mol. The van der Waals surface area contributed by atoms with Gasteiger partial charge in [0.1, 0.15) is 0 Å². The lowest BCUT2D eigenvalue weighted by Crippen LogP contribution is -2.29. The minimum Gasteiger partial charge on any atom is -0.388 e. The summed E-state index contributed by atoms with van der Waals surface area (Å²) in [4.78, 5) is 38.3. The molecule has 3 aromatic carbocycles. The van der Waals surface area contributed by atoms with Crippen molar-refractivity contribution in [3.05, 3.63) is 83.4 Å². The summed E-state index contributed by atoms with van der Waals surface area (Å²) in [6.07, 6.45) is 0. The van der Waals surface area contributed by atoms with E-state index >= 15 is 0 Å². The predicted octanol–water partition coefficient (Wildman–Crippen LogP) is 4.40. The molecule has 0 fully saturated rings. The largest absolute Gasteiger partial charge is 0.388 e. The van der Waals surface area contributed by atoms with E-state index in [0.29, 0.717) is 16.8 Å². The molecule has 1 heterocycles. The fourth-order valence-corrected chi connectivity index (χ4v) is 3.33. The summed E-state index contributed by atoms with van der Waals surface area (Å²) >= 11 is 0. The molecule has 2 amide bonds. The molecule has 0 radical (unpaired) electrons. The first-order valence-electron chi connectivity index (χ1n) is 8.91. The minimum atomic E-state index is -0.408. The molecule has 0 aliphatic carbocycles. The summed E-state index contributed by atoms with van der Waals surface area (Å²) in [5, 5.41) is 3.08. The Bertz CT molecular complexity index is 1100. The third-order valence-corrected chi connectivity index (χ3v) is 4.93. The number of benzene rings is 3. The summed E-state index contributed by atoms with van der Waals surface area (Å²) in [6.45, 7) is 1.43. The summed E-state index contributed by atoms with van der Waals surface area (Å²) in [6, 6.07) is 19.9. The van der Waals surface area contributed by atoms with Crippen LogP contribution in [0.15, 0.2) is 66.7 Å². The van der Waals surface area contributed by atoms with Gasteiger partial charge in [0, 0.05) is 18.3 Å². The lowest BCUT2D eigenvalue weighted by molar-refractivity contribution is 0.0925. The number of hydrogen-bond acceptors (Lipinski definition) is 4. The van der Waals surface area contributed by atoms with Crippen molar-refractivity contribution >= 4 is 29.0 Å². The van der Waals surface area contributed by atoms with Crippen molar-refractivity contribution < 1.29 is 14.4 Å². The number of hydrogen-bond donors (Lipinski definition) is 1. The molecule has 5 nitrogen and oxygen atoms in total. The molecule has 1 N–H and O–H groups in total. The third kappa shape index (κ3) is 2.87. The molecular formula is C23H18N2O3. The Kier molecular flexibility index (Phi) is 4.28. The van der Waals surface area contributed by atoms with Gasteiger partial charge in [0.15, 0.2) is 5.78 Å². The van der Waals surface area contributed by atoms with Gasteiger partial charge in [0.05, 0.1) is 16.8 Å². The Labute approximate surface area is 162 Å². The van der Waals surface area contributed by atoms with Crippen LogP contribution in [0.5, 0.6) is 0 Å². The van der Waals surface area contributed by atoms with Gasteiger partial charge in [-0.2, -0.15) is 0 Å². The number of anilines is 2. The molecule has 1 aliphatic rings. The molecule has 1 aliphatic heterocycles. The second-order valence-corrected chi connectivity index (χ2v) is 6.64. The topological polar surface area (TPSA) is 66.5 Å². The first kappa shape index (κ1) is 17.7. The molecule has 4 rings (SSSR count). The zero-order chi connectivity index (χ0) is 19.8. The molecule has 0 spiro atoms. The van der Waals surface area contributed by atoms with Gasteiger partial charge < -0.3 is 5.32 Å². The van der Waals surface area contributed by atoms with Crippen LogP contribution in [0.4, 0.5) is 11.4 Å². The number of fused-ring (bicyclic) bond motifs is 1. The molecule has 0 bridgehead atoms. The van der Waals surface area contributed by atoms with Crippen molar-refractivity contribution in [1.82, 2.24) is 0 Å². The average Bonchev–Trinajstić information content (AvgIpc) is 2.98.